The Morgan fingerprint density at radius 3 is 2.63 bits per heavy atom. The van der Waals surface area contributed by atoms with Crippen LogP contribution in [0, 0.1) is 0 Å². The van der Waals surface area contributed by atoms with E-state index in [2.05, 4.69) is 11.4 Å². The lowest BCUT2D eigenvalue weighted by molar-refractivity contribution is -0.117. The van der Waals surface area contributed by atoms with Crippen LogP contribution < -0.4 is 10.1 Å². The molecule has 0 saturated heterocycles. The second-order valence-electron chi connectivity index (χ2n) is 6.78. The zero-order valence-electron chi connectivity index (χ0n) is 15.7. The number of carbonyl (C=O) groups is 1. The molecule has 0 aromatic heterocycles. The zero-order valence-corrected chi connectivity index (χ0v) is 16.5. The van der Waals surface area contributed by atoms with Crippen LogP contribution in [0.5, 0.6) is 5.75 Å². The van der Waals surface area contributed by atoms with E-state index in [-0.39, 0.29) is 16.7 Å². The van der Waals surface area contributed by atoms with Crippen molar-refractivity contribution in [2.24, 2.45) is 0 Å². The minimum absolute atomic E-state index is 0.104. The summed E-state index contributed by atoms with van der Waals surface area (Å²) in [5.74, 6) is 0.0127. The summed E-state index contributed by atoms with van der Waals surface area (Å²) in [6, 6.07) is 12.4. The number of ether oxygens (including phenoxy) is 1. The van der Waals surface area contributed by atoms with E-state index < -0.39 is 10.0 Å². The molecular weight excluding hydrogens is 364 g/mol. The molecule has 0 heterocycles. The average Bonchev–Trinajstić information content (AvgIpc) is 2.67. The molecular formula is C20H24N2O4S. The van der Waals surface area contributed by atoms with Gasteiger partial charge in [0.2, 0.25) is 15.9 Å². The third-order valence-corrected chi connectivity index (χ3v) is 6.70. The lowest BCUT2D eigenvalue weighted by Gasteiger charge is -2.25. The maximum atomic E-state index is 13.0. The molecule has 0 aliphatic heterocycles. The van der Waals surface area contributed by atoms with Crippen molar-refractivity contribution in [1.82, 2.24) is 4.31 Å². The molecule has 1 aliphatic carbocycles. The molecule has 27 heavy (non-hydrogen) atoms. The molecule has 7 heteroatoms. The van der Waals surface area contributed by atoms with E-state index >= 15 is 0 Å². The van der Waals surface area contributed by atoms with Gasteiger partial charge in [0.15, 0.2) is 0 Å². The Bertz CT molecular complexity index is 954. The fraction of sp³-hybridized carbons (Fsp3) is 0.350. The Kier molecular flexibility index (Phi) is 5.53. The minimum Gasteiger partial charge on any atom is -0.495 e. The summed E-state index contributed by atoms with van der Waals surface area (Å²) in [5, 5.41) is 2.88. The molecule has 1 aliphatic rings. The van der Waals surface area contributed by atoms with Gasteiger partial charge in [0.25, 0.3) is 0 Å². The Morgan fingerprint density at radius 2 is 1.93 bits per heavy atom. The van der Waals surface area contributed by atoms with E-state index in [0.29, 0.717) is 11.4 Å². The van der Waals surface area contributed by atoms with Crippen molar-refractivity contribution in [2.75, 3.05) is 26.5 Å². The SMILES string of the molecule is COc1ccc(S(=O)(=O)N(C)C)cc1NC(=O)[C@@H]1CCCc2ccccc21. The number of methoxy groups -OCH3 is 1. The predicted molar refractivity (Wildman–Crippen MR) is 105 cm³/mol. The highest BCUT2D eigenvalue weighted by atomic mass is 32.2. The maximum absolute atomic E-state index is 13.0. The number of amides is 1. The molecule has 0 bridgehead atoms. The molecule has 2 aromatic rings. The number of benzene rings is 2. The highest BCUT2D eigenvalue weighted by Gasteiger charge is 2.27. The molecule has 0 unspecified atom stereocenters. The van der Waals surface area contributed by atoms with E-state index in [1.54, 1.807) is 6.07 Å². The van der Waals surface area contributed by atoms with Crippen LogP contribution in [0.2, 0.25) is 0 Å². The zero-order chi connectivity index (χ0) is 19.6. The van der Waals surface area contributed by atoms with Crippen LogP contribution >= 0.6 is 0 Å². The van der Waals surface area contributed by atoms with Gasteiger partial charge in [-0.25, -0.2) is 12.7 Å². The van der Waals surface area contributed by atoms with Crippen LogP contribution in [0.15, 0.2) is 47.4 Å². The number of fused-ring (bicyclic) bond motifs is 1. The van der Waals surface area contributed by atoms with E-state index in [0.717, 1.165) is 29.1 Å². The third kappa shape index (κ3) is 3.84. The van der Waals surface area contributed by atoms with Crippen LogP contribution in [0.3, 0.4) is 0 Å². The number of aryl methyl sites for hydroxylation is 1. The van der Waals surface area contributed by atoms with Gasteiger partial charge in [-0.1, -0.05) is 24.3 Å². The number of hydrogen-bond donors (Lipinski definition) is 1. The lowest BCUT2D eigenvalue weighted by atomic mass is 9.82. The molecule has 1 amide bonds. The largest absolute Gasteiger partial charge is 0.495 e. The van der Waals surface area contributed by atoms with Gasteiger partial charge in [-0.15, -0.1) is 0 Å². The summed E-state index contributed by atoms with van der Waals surface area (Å²) in [4.78, 5) is 13.1. The summed E-state index contributed by atoms with van der Waals surface area (Å²) in [6.07, 6.45) is 2.68. The molecule has 6 nitrogen and oxygen atoms in total. The third-order valence-electron chi connectivity index (χ3n) is 4.89. The first-order valence-electron chi connectivity index (χ1n) is 8.84. The highest BCUT2D eigenvalue weighted by molar-refractivity contribution is 7.89. The number of nitrogens with zero attached hydrogens (tertiary/aromatic N) is 1. The summed E-state index contributed by atoms with van der Waals surface area (Å²) in [5.41, 5.74) is 2.59. The van der Waals surface area contributed by atoms with Crippen LogP contribution in [0.4, 0.5) is 5.69 Å². The van der Waals surface area contributed by atoms with Gasteiger partial charge >= 0.3 is 0 Å². The monoisotopic (exact) mass is 388 g/mol. The van der Waals surface area contributed by atoms with E-state index in [1.807, 2.05) is 18.2 Å². The fourth-order valence-corrected chi connectivity index (χ4v) is 4.33. The molecule has 0 saturated carbocycles. The number of rotatable bonds is 5. The minimum atomic E-state index is -3.61. The maximum Gasteiger partial charge on any atom is 0.242 e. The van der Waals surface area contributed by atoms with Crippen molar-refractivity contribution in [3.63, 3.8) is 0 Å². The van der Waals surface area contributed by atoms with Crippen molar-refractivity contribution < 1.29 is 17.9 Å². The van der Waals surface area contributed by atoms with Crippen molar-refractivity contribution >= 4 is 21.6 Å². The topological polar surface area (TPSA) is 75.7 Å². The Balaban J connectivity index is 1.92. The number of carbonyl (C=O) groups excluding carboxylic acids is 1. The van der Waals surface area contributed by atoms with Crippen LogP contribution in [0.1, 0.15) is 29.9 Å². The Morgan fingerprint density at radius 1 is 1.19 bits per heavy atom. The van der Waals surface area contributed by atoms with Gasteiger partial charge in [0.1, 0.15) is 5.75 Å². The smallest absolute Gasteiger partial charge is 0.242 e. The summed E-state index contributed by atoms with van der Waals surface area (Å²) in [7, 11) is 0.818. The molecule has 0 spiro atoms. The average molecular weight is 388 g/mol. The van der Waals surface area contributed by atoms with Gasteiger partial charge in [-0.05, 0) is 48.6 Å². The van der Waals surface area contributed by atoms with Gasteiger partial charge in [-0.2, -0.15) is 0 Å². The quantitative estimate of drug-likeness (QED) is 0.854. The fourth-order valence-electron chi connectivity index (χ4n) is 3.40. The van der Waals surface area contributed by atoms with Gasteiger partial charge in [0.05, 0.1) is 23.6 Å². The van der Waals surface area contributed by atoms with E-state index in [1.165, 1.54) is 38.9 Å². The second kappa shape index (κ2) is 7.70. The molecule has 1 N–H and O–H groups in total. The molecule has 2 aromatic carbocycles. The van der Waals surface area contributed by atoms with Crippen molar-refractivity contribution in [2.45, 2.75) is 30.1 Å². The lowest BCUT2D eigenvalue weighted by Crippen LogP contribution is -2.25. The van der Waals surface area contributed by atoms with Crippen molar-refractivity contribution in [1.29, 1.82) is 0 Å². The number of anilines is 1. The van der Waals surface area contributed by atoms with Crippen LogP contribution in [-0.4, -0.2) is 39.8 Å². The van der Waals surface area contributed by atoms with Gasteiger partial charge in [0, 0.05) is 14.1 Å². The first-order chi connectivity index (χ1) is 12.8. The van der Waals surface area contributed by atoms with E-state index in [9.17, 15) is 13.2 Å². The Labute approximate surface area is 160 Å². The van der Waals surface area contributed by atoms with Gasteiger partial charge < -0.3 is 10.1 Å². The normalized spacial score (nSPS) is 16.7. The molecule has 0 fully saturated rings. The standard InChI is InChI=1S/C20H24N2O4S/c1-22(2)27(24,25)15-11-12-19(26-3)18(13-15)21-20(23)17-10-6-8-14-7-4-5-9-16(14)17/h4-5,7,9,11-13,17H,6,8,10H2,1-3H3,(H,21,23)/t17-/m1/s1. The first kappa shape index (κ1) is 19.4. The molecule has 3 rings (SSSR count). The molecule has 1 atom stereocenters. The first-order valence-corrected chi connectivity index (χ1v) is 10.3. The number of nitrogens with one attached hydrogen (secondary N) is 1. The number of hydrogen-bond acceptors (Lipinski definition) is 4. The van der Waals surface area contributed by atoms with Gasteiger partial charge in [-0.3, -0.25) is 4.79 Å². The second-order valence-corrected chi connectivity index (χ2v) is 8.93. The summed E-state index contributed by atoms with van der Waals surface area (Å²) in [6.45, 7) is 0. The van der Waals surface area contributed by atoms with E-state index in [4.69, 9.17) is 4.74 Å². The predicted octanol–water partition coefficient (Wildman–Crippen LogP) is 3.00. The molecule has 144 valence electrons. The summed E-state index contributed by atoms with van der Waals surface area (Å²) < 4.78 is 31.3. The highest BCUT2D eigenvalue weighted by Crippen LogP contribution is 2.34. The Hall–Kier alpha value is -2.38. The van der Waals surface area contributed by atoms with Crippen molar-refractivity contribution in [3.8, 4) is 5.75 Å². The molecule has 0 radical (unpaired) electrons. The summed E-state index contributed by atoms with van der Waals surface area (Å²) >= 11 is 0. The number of sulfonamides is 1. The van der Waals surface area contributed by atoms with Crippen molar-refractivity contribution in [3.05, 3.63) is 53.6 Å². The van der Waals surface area contributed by atoms with Crippen LogP contribution in [0.25, 0.3) is 0 Å². The van der Waals surface area contributed by atoms with Crippen LogP contribution in [-0.2, 0) is 21.2 Å².